The van der Waals surface area contributed by atoms with Crippen LogP contribution in [-0.4, -0.2) is 70.0 Å². The van der Waals surface area contributed by atoms with E-state index in [1.165, 1.54) is 16.4 Å². The summed E-state index contributed by atoms with van der Waals surface area (Å²) in [4.78, 5) is 13.6. The van der Waals surface area contributed by atoms with Crippen molar-refractivity contribution in [3.05, 3.63) is 24.3 Å². The standard InChI is InChI=1S/C15H20N4O4S/c1-18(6-5-16)12-15(20)17-13-3-2-4-14(11-13)24(21,22)19-7-9-23-10-8-19/h2-4,11H,6-10,12H2,1H3,(H,17,20). The van der Waals surface area contributed by atoms with Crippen LogP contribution in [0.1, 0.15) is 0 Å². The lowest BCUT2D eigenvalue weighted by Crippen LogP contribution is -2.40. The molecule has 130 valence electrons. The minimum Gasteiger partial charge on any atom is -0.379 e. The number of hydrogen-bond acceptors (Lipinski definition) is 6. The highest BCUT2D eigenvalue weighted by Gasteiger charge is 2.26. The molecule has 0 radical (unpaired) electrons. The first-order valence-electron chi connectivity index (χ1n) is 7.47. The summed E-state index contributed by atoms with van der Waals surface area (Å²) in [5, 5.41) is 11.2. The van der Waals surface area contributed by atoms with Crippen LogP contribution in [0.4, 0.5) is 5.69 Å². The number of carbonyl (C=O) groups is 1. The first-order valence-corrected chi connectivity index (χ1v) is 8.91. The molecule has 1 aliphatic rings. The van der Waals surface area contributed by atoms with Gasteiger partial charge in [-0.2, -0.15) is 9.57 Å². The lowest BCUT2D eigenvalue weighted by molar-refractivity contribution is -0.116. The fourth-order valence-electron chi connectivity index (χ4n) is 2.29. The molecule has 0 spiro atoms. The number of nitriles is 1. The number of amides is 1. The number of nitrogens with zero attached hydrogens (tertiary/aromatic N) is 3. The predicted octanol–water partition coefficient (Wildman–Crippen LogP) is 0.101. The third kappa shape index (κ3) is 4.75. The van der Waals surface area contributed by atoms with E-state index in [9.17, 15) is 13.2 Å². The van der Waals surface area contributed by atoms with E-state index < -0.39 is 10.0 Å². The zero-order valence-electron chi connectivity index (χ0n) is 13.4. The average molecular weight is 352 g/mol. The van der Waals surface area contributed by atoms with Crippen LogP contribution in [0.15, 0.2) is 29.2 Å². The zero-order chi connectivity index (χ0) is 17.6. The van der Waals surface area contributed by atoms with Crippen molar-refractivity contribution in [1.82, 2.24) is 9.21 Å². The van der Waals surface area contributed by atoms with Crippen molar-refractivity contribution in [3.63, 3.8) is 0 Å². The van der Waals surface area contributed by atoms with Crippen molar-refractivity contribution in [1.29, 1.82) is 5.26 Å². The molecule has 9 heteroatoms. The van der Waals surface area contributed by atoms with Gasteiger partial charge in [-0.05, 0) is 25.2 Å². The Balaban J connectivity index is 2.08. The van der Waals surface area contributed by atoms with Gasteiger partial charge in [0, 0.05) is 18.8 Å². The van der Waals surface area contributed by atoms with Gasteiger partial charge in [0.05, 0.1) is 37.3 Å². The molecule has 2 rings (SSSR count). The van der Waals surface area contributed by atoms with E-state index in [0.29, 0.717) is 32.0 Å². The molecule has 0 unspecified atom stereocenters. The van der Waals surface area contributed by atoms with E-state index in [4.69, 9.17) is 10.00 Å². The Hall–Kier alpha value is -1.99. The Kier molecular flexibility index (Phi) is 6.28. The van der Waals surface area contributed by atoms with Gasteiger partial charge < -0.3 is 10.1 Å². The summed E-state index contributed by atoms with van der Waals surface area (Å²) >= 11 is 0. The Morgan fingerprint density at radius 1 is 1.42 bits per heavy atom. The molecule has 1 N–H and O–H groups in total. The molecule has 1 aromatic rings. The van der Waals surface area contributed by atoms with Crippen molar-refractivity contribution in [2.45, 2.75) is 4.90 Å². The fraction of sp³-hybridized carbons (Fsp3) is 0.467. The molecule has 0 aliphatic carbocycles. The number of likely N-dealkylation sites (N-methyl/N-ethyl adjacent to an activating group) is 1. The van der Waals surface area contributed by atoms with Crippen molar-refractivity contribution in [2.75, 3.05) is 51.8 Å². The van der Waals surface area contributed by atoms with E-state index in [2.05, 4.69) is 5.32 Å². The zero-order valence-corrected chi connectivity index (χ0v) is 14.3. The number of anilines is 1. The minimum absolute atomic E-state index is 0.0496. The van der Waals surface area contributed by atoms with E-state index in [1.807, 2.05) is 6.07 Å². The monoisotopic (exact) mass is 352 g/mol. The molecule has 0 aromatic heterocycles. The van der Waals surface area contributed by atoms with Gasteiger partial charge in [-0.1, -0.05) is 6.07 Å². The largest absolute Gasteiger partial charge is 0.379 e. The maximum absolute atomic E-state index is 12.6. The van der Waals surface area contributed by atoms with Crippen LogP contribution in [0.3, 0.4) is 0 Å². The number of sulfonamides is 1. The fourth-order valence-corrected chi connectivity index (χ4v) is 3.75. The van der Waals surface area contributed by atoms with Gasteiger partial charge in [0.25, 0.3) is 0 Å². The molecular formula is C15H20N4O4S. The van der Waals surface area contributed by atoms with Gasteiger partial charge in [0.2, 0.25) is 15.9 Å². The predicted molar refractivity (Wildman–Crippen MR) is 87.8 cm³/mol. The van der Waals surface area contributed by atoms with Crippen LogP contribution >= 0.6 is 0 Å². The summed E-state index contributed by atoms with van der Waals surface area (Å²) in [6.07, 6.45) is 0. The maximum atomic E-state index is 12.6. The normalized spacial score (nSPS) is 15.9. The van der Waals surface area contributed by atoms with Crippen molar-refractivity contribution in [3.8, 4) is 6.07 Å². The SMILES string of the molecule is CN(CC#N)CC(=O)Nc1cccc(S(=O)(=O)N2CCOCC2)c1. The van der Waals surface area contributed by atoms with Gasteiger partial charge in [0.1, 0.15) is 0 Å². The summed E-state index contributed by atoms with van der Waals surface area (Å²) < 4.78 is 31.7. The number of nitrogens with one attached hydrogen (secondary N) is 1. The lowest BCUT2D eigenvalue weighted by atomic mass is 10.3. The highest BCUT2D eigenvalue weighted by Crippen LogP contribution is 2.20. The van der Waals surface area contributed by atoms with Crippen molar-refractivity contribution < 1.29 is 17.9 Å². The Bertz CT molecular complexity index is 723. The molecule has 0 bridgehead atoms. The van der Waals surface area contributed by atoms with Crippen molar-refractivity contribution >= 4 is 21.6 Å². The van der Waals surface area contributed by atoms with Crippen LogP contribution in [0, 0.1) is 11.3 Å². The molecule has 1 saturated heterocycles. The average Bonchev–Trinajstić information content (AvgIpc) is 2.56. The van der Waals surface area contributed by atoms with E-state index >= 15 is 0 Å². The Labute approximate surface area is 141 Å². The first-order chi connectivity index (χ1) is 11.4. The summed E-state index contributed by atoms with van der Waals surface area (Å²) in [5.74, 6) is -0.311. The number of rotatable bonds is 6. The van der Waals surface area contributed by atoms with Gasteiger partial charge in [-0.3, -0.25) is 9.69 Å². The van der Waals surface area contributed by atoms with Gasteiger partial charge in [-0.15, -0.1) is 0 Å². The van der Waals surface area contributed by atoms with Gasteiger partial charge in [0.15, 0.2) is 0 Å². The molecule has 24 heavy (non-hydrogen) atoms. The Morgan fingerprint density at radius 3 is 2.79 bits per heavy atom. The van der Waals surface area contributed by atoms with E-state index in [-0.39, 0.29) is 23.9 Å². The quantitative estimate of drug-likeness (QED) is 0.729. The van der Waals surface area contributed by atoms with Crippen LogP contribution < -0.4 is 5.32 Å². The molecule has 1 aliphatic heterocycles. The molecule has 0 saturated carbocycles. The molecule has 1 fully saturated rings. The maximum Gasteiger partial charge on any atom is 0.243 e. The molecule has 1 aromatic carbocycles. The number of ether oxygens (including phenoxy) is 1. The highest BCUT2D eigenvalue weighted by atomic mass is 32.2. The second-order valence-electron chi connectivity index (χ2n) is 5.42. The molecule has 1 amide bonds. The summed E-state index contributed by atoms with van der Waals surface area (Å²) in [6, 6.07) is 8.10. The third-order valence-electron chi connectivity index (χ3n) is 3.48. The summed E-state index contributed by atoms with van der Waals surface area (Å²) in [6.45, 7) is 1.57. The first kappa shape index (κ1) is 18.4. The highest BCUT2D eigenvalue weighted by molar-refractivity contribution is 7.89. The smallest absolute Gasteiger partial charge is 0.243 e. The number of benzene rings is 1. The van der Waals surface area contributed by atoms with Crippen molar-refractivity contribution in [2.24, 2.45) is 0 Å². The second-order valence-corrected chi connectivity index (χ2v) is 7.36. The van der Waals surface area contributed by atoms with Crippen LogP contribution in [0.2, 0.25) is 0 Å². The van der Waals surface area contributed by atoms with E-state index in [0.717, 1.165) is 0 Å². The van der Waals surface area contributed by atoms with Gasteiger partial charge in [-0.25, -0.2) is 8.42 Å². The molecule has 1 heterocycles. The lowest BCUT2D eigenvalue weighted by Gasteiger charge is -2.26. The molecule has 8 nitrogen and oxygen atoms in total. The second kappa shape index (κ2) is 8.21. The Morgan fingerprint density at radius 2 is 2.12 bits per heavy atom. The number of morpholine rings is 1. The third-order valence-corrected chi connectivity index (χ3v) is 5.37. The molecular weight excluding hydrogens is 332 g/mol. The van der Waals surface area contributed by atoms with Crippen LogP contribution in [0.25, 0.3) is 0 Å². The van der Waals surface area contributed by atoms with Crippen LogP contribution in [-0.2, 0) is 19.6 Å². The number of hydrogen-bond donors (Lipinski definition) is 1. The minimum atomic E-state index is -3.60. The van der Waals surface area contributed by atoms with E-state index in [1.54, 1.807) is 24.1 Å². The topological polar surface area (TPSA) is 103 Å². The number of carbonyl (C=O) groups excluding carboxylic acids is 1. The van der Waals surface area contributed by atoms with Crippen LogP contribution in [0.5, 0.6) is 0 Å². The summed E-state index contributed by atoms with van der Waals surface area (Å²) in [7, 11) is -1.95. The molecule has 0 atom stereocenters. The summed E-state index contributed by atoms with van der Waals surface area (Å²) in [5.41, 5.74) is 0.402. The van der Waals surface area contributed by atoms with Gasteiger partial charge >= 0.3 is 0 Å².